The van der Waals surface area contributed by atoms with Crippen LogP contribution in [0.15, 0.2) is 78.2 Å². The Balaban J connectivity index is 1.40. The maximum absolute atomic E-state index is 14.5. The number of nitrogens with one attached hydrogen (secondary N) is 2. The topological polar surface area (TPSA) is 87.7 Å². The molecule has 9 heteroatoms. The number of nitrogens with zero attached hydrogens (tertiary/aromatic N) is 1. The van der Waals surface area contributed by atoms with Crippen molar-refractivity contribution >= 4 is 34.7 Å². The first-order valence-electron chi connectivity index (χ1n) is 12.5. The number of fused-ring (bicyclic) bond motifs is 1. The third kappa shape index (κ3) is 4.21. The van der Waals surface area contributed by atoms with Gasteiger partial charge in [-0.05, 0) is 48.2 Å². The number of halogens is 1. The molecule has 38 heavy (non-hydrogen) atoms. The van der Waals surface area contributed by atoms with Crippen molar-refractivity contribution in [2.45, 2.75) is 31.2 Å². The van der Waals surface area contributed by atoms with E-state index in [2.05, 4.69) is 10.6 Å². The summed E-state index contributed by atoms with van der Waals surface area (Å²) in [6, 6.07) is 15.8. The molecular formula is C29H26FN3O4S. The zero-order valence-electron chi connectivity index (χ0n) is 20.6. The van der Waals surface area contributed by atoms with Crippen LogP contribution in [-0.2, 0) is 25.7 Å². The molecule has 3 aliphatic heterocycles. The van der Waals surface area contributed by atoms with Gasteiger partial charge in [-0.1, -0.05) is 48.0 Å². The van der Waals surface area contributed by atoms with Crippen LogP contribution in [0.5, 0.6) is 0 Å². The summed E-state index contributed by atoms with van der Waals surface area (Å²) in [6.07, 6.45) is 3.01. The van der Waals surface area contributed by atoms with E-state index in [0.717, 1.165) is 10.4 Å². The van der Waals surface area contributed by atoms with Crippen molar-refractivity contribution < 1.29 is 23.5 Å². The van der Waals surface area contributed by atoms with Crippen molar-refractivity contribution in [3.63, 3.8) is 0 Å². The Bertz CT molecular complexity index is 1410. The molecule has 3 aliphatic rings. The maximum atomic E-state index is 14.5. The lowest BCUT2D eigenvalue weighted by Crippen LogP contribution is -2.59. The Labute approximate surface area is 223 Å². The third-order valence-electron chi connectivity index (χ3n) is 7.52. The van der Waals surface area contributed by atoms with Gasteiger partial charge in [0.1, 0.15) is 17.5 Å². The average molecular weight is 532 g/mol. The quantitative estimate of drug-likeness (QED) is 0.488. The summed E-state index contributed by atoms with van der Waals surface area (Å²) >= 11 is 1.47. The number of amides is 3. The van der Waals surface area contributed by atoms with E-state index in [9.17, 15) is 18.8 Å². The Morgan fingerprint density at radius 1 is 1.16 bits per heavy atom. The number of anilines is 1. The van der Waals surface area contributed by atoms with Gasteiger partial charge in [0.25, 0.3) is 0 Å². The Kier molecular flexibility index (Phi) is 6.12. The van der Waals surface area contributed by atoms with Crippen LogP contribution < -0.4 is 10.6 Å². The Morgan fingerprint density at radius 3 is 2.63 bits per heavy atom. The molecule has 0 unspecified atom stereocenters. The molecule has 3 aromatic rings. The largest absolute Gasteiger partial charge is 0.360 e. The molecule has 5 atom stereocenters. The first kappa shape index (κ1) is 24.5. The standard InChI is InChI=1S/C29H26FN3O4S/c1-17-4-10-20(11-5-17)32-26(34)23-22-12-13-29(37-22)16-31-27(35)25(18-6-8-19(30)9-7-18)33(28(36)24(23)29)15-21-3-2-14-38-21/h2-14,22-25H,15-16H2,1H3,(H,31,35)(H,32,34)/t22-,23-,24+,25-,29+/m1/s1. The van der Waals surface area contributed by atoms with Crippen LogP contribution >= 0.6 is 11.3 Å². The molecule has 6 rings (SSSR count). The van der Waals surface area contributed by atoms with E-state index >= 15 is 0 Å². The molecule has 0 aliphatic carbocycles. The number of aryl methyl sites for hydroxylation is 1. The highest BCUT2D eigenvalue weighted by Gasteiger charge is 2.64. The Morgan fingerprint density at radius 2 is 1.92 bits per heavy atom. The van der Waals surface area contributed by atoms with Crippen molar-refractivity contribution in [3.8, 4) is 0 Å². The van der Waals surface area contributed by atoms with Crippen molar-refractivity contribution in [1.29, 1.82) is 0 Å². The number of hydrogen-bond donors (Lipinski definition) is 2. The molecule has 1 aromatic heterocycles. The lowest BCUT2D eigenvalue weighted by Gasteiger charge is -2.41. The molecule has 2 saturated heterocycles. The second kappa shape index (κ2) is 9.49. The monoisotopic (exact) mass is 531 g/mol. The molecule has 0 saturated carbocycles. The van der Waals surface area contributed by atoms with Crippen LogP contribution in [0.1, 0.15) is 22.0 Å². The molecule has 0 radical (unpaired) electrons. The van der Waals surface area contributed by atoms with Crippen LogP contribution in [0.2, 0.25) is 0 Å². The SMILES string of the molecule is Cc1ccc(NC(=O)[C@H]2[C@H]3C(=O)N(Cc4cccs4)[C@H](c4ccc(F)cc4)C(=O)NC[C@@]34C=C[C@H]2O4)cc1. The van der Waals surface area contributed by atoms with E-state index < -0.39 is 35.4 Å². The fourth-order valence-corrected chi connectivity index (χ4v) is 6.38. The summed E-state index contributed by atoms with van der Waals surface area (Å²) in [5.41, 5.74) is 1.06. The molecule has 194 valence electrons. The third-order valence-corrected chi connectivity index (χ3v) is 8.39. The number of carbonyl (C=O) groups is 3. The number of hydrogen-bond acceptors (Lipinski definition) is 5. The van der Waals surface area contributed by atoms with Gasteiger partial charge in [0, 0.05) is 10.6 Å². The lowest BCUT2D eigenvalue weighted by atomic mass is 9.73. The van der Waals surface area contributed by atoms with E-state index in [0.29, 0.717) is 11.3 Å². The van der Waals surface area contributed by atoms with E-state index in [1.807, 2.05) is 48.7 Å². The highest BCUT2D eigenvalue weighted by Crippen LogP contribution is 2.50. The van der Waals surface area contributed by atoms with Gasteiger partial charge in [0.05, 0.1) is 31.0 Å². The lowest BCUT2D eigenvalue weighted by molar-refractivity contribution is -0.153. The second-order valence-electron chi connectivity index (χ2n) is 9.97. The van der Waals surface area contributed by atoms with Gasteiger partial charge >= 0.3 is 0 Å². The van der Waals surface area contributed by atoms with Crippen molar-refractivity contribution in [3.05, 3.63) is 100 Å². The second-order valence-corrected chi connectivity index (χ2v) is 11.0. The van der Waals surface area contributed by atoms with E-state index in [-0.39, 0.29) is 30.8 Å². The molecule has 2 N–H and O–H groups in total. The molecule has 2 bridgehead atoms. The number of rotatable bonds is 5. The first-order valence-corrected chi connectivity index (χ1v) is 13.3. The number of carbonyl (C=O) groups excluding carboxylic acids is 3. The zero-order valence-corrected chi connectivity index (χ0v) is 21.4. The zero-order chi connectivity index (χ0) is 26.4. The molecule has 3 amide bonds. The van der Waals surface area contributed by atoms with E-state index in [1.165, 1.54) is 40.5 Å². The molecular weight excluding hydrogens is 505 g/mol. The summed E-state index contributed by atoms with van der Waals surface area (Å²) in [4.78, 5) is 44.0. The van der Waals surface area contributed by atoms with Gasteiger partial charge < -0.3 is 20.3 Å². The maximum Gasteiger partial charge on any atom is 0.247 e. The minimum atomic E-state index is -1.13. The van der Waals surface area contributed by atoms with Gasteiger partial charge in [0.15, 0.2) is 0 Å². The summed E-state index contributed by atoms with van der Waals surface area (Å²) in [5, 5.41) is 7.80. The fraction of sp³-hybridized carbons (Fsp3) is 0.276. The number of thiophene rings is 1. The summed E-state index contributed by atoms with van der Waals surface area (Å²) in [6.45, 7) is 2.18. The van der Waals surface area contributed by atoms with Gasteiger partial charge in [-0.15, -0.1) is 11.3 Å². The average Bonchev–Trinajstić information content (AvgIpc) is 3.65. The normalized spacial score (nSPS) is 28.0. The summed E-state index contributed by atoms with van der Waals surface area (Å²) in [7, 11) is 0. The van der Waals surface area contributed by atoms with E-state index in [1.54, 1.807) is 12.2 Å². The summed E-state index contributed by atoms with van der Waals surface area (Å²) in [5.74, 6) is -3.13. The molecule has 7 nitrogen and oxygen atoms in total. The van der Waals surface area contributed by atoms with Gasteiger partial charge in [-0.3, -0.25) is 14.4 Å². The highest BCUT2D eigenvalue weighted by molar-refractivity contribution is 7.09. The minimum absolute atomic E-state index is 0.0497. The smallest absolute Gasteiger partial charge is 0.247 e. The van der Waals surface area contributed by atoms with Crippen LogP contribution in [0.4, 0.5) is 10.1 Å². The van der Waals surface area contributed by atoms with Gasteiger partial charge in [-0.25, -0.2) is 4.39 Å². The van der Waals surface area contributed by atoms with Crippen LogP contribution in [0, 0.1) is 24.6 Å². The molecule has 2 aromatic carbocycles. The van der Waals surface area contributed by atoms with Crippen LogP contribution in [-0.4, -0.2) is 40.9 Å². The first-order chi connectivity index (χ1) is 18.3. The molecule has 1 spiro atoms. The van der Waals surface area contributed by atoms with Gasteiger partial charge in [0.2, 0.25) is 17.7 Å². The fourth-order valence-electron chi connectivity index (χ4n) is 5.67. The minimum Gasteiger partial charge on any atom is -0.360 e. The highest BCUT2D eigenvalue weighted by atomic mass is 32.1. The van der Waals surface area contributed by atoms with E-state index in [4.69, 9.17) is 4.74 Å². The summed E-state index contributed by atoms with van der Waals surface area (Å²) < 4.78 is 20.0. The van der Waals surface area contributed by atoms with Crippen molar-refractivity contribution in [1.82, 2.24) is 10.2 Å². The number of benzene rings is 2. The Hall–Kier alpha value is -3.82. The van der Waals surface area contributed by atoms with Crippen LogP contribution in [0.25, 0.3) is 0 Å². The van der Waals surface area contributed by atoms with Crippen molar-refractivity contribution in [2.24, 2.45) is 11.8 Å². The number of ether oxygens (including phenoxy) is 1. The van der Waals surface area contributed by atoms with Gasteiger partial charge in [-0.2, -0.15) is 0 Å². The molecule has 4 heterocycles. The van der Waals surface area contributed by atoms with Crippen molar-refractivity contribution in [2.75, 3.05) is 11.9 Å². The predicted octanol–water partition coefficient (Wildman–Crippen LogP) is 3.97. The predicted molar refractivity (Wildman–Crippen MR) is 141 cm³/mol. The molecule has 2 fully saturated rings. The van der Waals surface area contributed by atoms with Crippen LogP contribution in [0.3, 0.4) is 0 Å².